The Kier molecular flexibility index (Phi) is 5.63. The molecule has 26 heavy (non-hydrogen) atoms. The fourth-order valence-electron chi connectivity index (χ4n) is 3.32. The van der Waals surface area contributed by atoms with Crippen molar-refractivity contribution >= 4 is 11.6 Å². The van der Waals surface area contributed by atoms with E-state index < -0.39 is 10.8 Å². The van der Waals surface area contributed by atoms with Gasteiger partial charge >= 0.3 is 0 Å². The van der Waals surface area contributed by atoms with Crippen LogP contribution >= 0.6 is 0 Å². The number of nitrogens with one attached hydrogen (secondary N) is 1. The summed E-state index contributed by atoms with van der Waals surface area (Å²) in [5.74, 6) is -0.429. The number of hydrogen-bond donors (Lipinski definition) is 1. The highest BCUT2D eigenvalue weighted by molar-refractivity contribution is 5.98. The summed E-state index contributed by atoms with van der Waals surface area (Å²) in [6.45, 7) is 5.25. The van der Waals surface area contributed by atoms with Crippen LogP contribution in [-0.2, 0) is 13.1 Å². The lowest BCUT2D eigenvalue weighted by Crippen LogP contribution is -2.24. The summed E-state index contributed by atoms with van der Waals surface area (Å²) in [6.07, 6.45) is 2.55. The van der Waals surface area contributed by atoms with Crippen LogP contribution in [0.3, 0.4) is 0 Å². The number of nitrogens with zero attached hydrogens (tertiary/aromatic N) is 2. The monoisotopic (exact) mass is 353 g/mol. The zero-order chi connectivity index (χ0) is 18.5. The molecular weight excluding hydrogens is 330 g/mol. The molecule has 2 aromatic carbocycles. The van der Waals surface area contributed by atoms with Crippen molar-refractivity contribution in [1.82, 2.24) is 10.2 Å². The van der Waals surface area contributed by atoms with Crippen molar-refractivity contribution in [3.63, 3.8) is 0 Å². The number of amides is 1. The quantitative estimate of drug-likeness (QED) is 0.638. The van der Waals surface area contributed by atoms with Gasteiger partial charge in [-0.1, -0.05) is 36.4 Å². The molecular formula is C20H23N3O3. The van der Waals surface area contributed by atoms with E-state index in [1.54, 1.807) is 19.1 Å². The lowest BCUT2D eigenvalue weighted by molar-refractivity contribution is -0.385. The van der Waals surface area contributed by atoms with Crippen LogP contribution in [0.25, 0.3) is 0 Å². The molecule has 0 radical (unpaired) electrons. The second-order valence-electron chi connectivity index (χ2n) is 6.71. The Bertz CT molecular complexity index is 796. The molecule has 0 saturated carbocycles. The molecule has 2 aromatic rings. The van der Waals surface area contributed by atoms with E-state index in [2.05, 4.69) is 22.3 Å². The molecule has 3 rings (SSSR count). The Morgan fingerprint density at radius 2 is 1.77 bits per heavy atom. The average Bonchev–Trinajstić information content (AvgIpc) is 3.13. The predicted octanol–water partition coefficient (Wildman–Crippen LogP) is 3.43. The highest BCUT2D eigenvalue weighted by Crippen LogP contribution is 2.23. The molecule has 0 atom stereocenters. The number of para-hydroxylation sites is 1. The Balaban J connectivity index is 1.61. The van der Waals surface area contributed by atoms with E-state index in [-0.39, 0.29) is 11.3 Å². The molecule has 6 heteroatoms. The van der Waals surface area contributed by atoms with Crippen LogP contribution in [0.4, 0.5) is 5.69 Å². The maximum atomic E-state index is 12.4. The number of carbonyl (C=O) groups excluding carboxylic acids is 1. The van der Waals surface area contributed by atoms with Gasteiger partial charge < -0.3 is 5.32 Å². The first-order valence-corrected chi connectivity index (χ1v) is 8.87. The molecule has 0 aromatic heterocycles. The molecule has 0 unspecified atom stereocenters. The molecule has 1 saturated heterocycles. The van der Waals surface area contributed by atoms with E-state index in [1.165, 1.54) is 24.5 Å². The van der Waals surface area contributed by atoms with Gasteiger partial charge in [0.15, 0.2) is 0 Å². The lowest BCUT2D eigenvalue weighted by atomic mass is 10.1. The molecule has 1 amide bonds. The molecule has 1 heterocycles. The SMILES string of the molecule is Cc1cccc(C(=O)NCc2ccc(CN3CCCC3)cc2)c1[N+](=O)[O-]. The van der Waals surface area contributed by atoms with Gasteiger partial charge in [-0.2, -0.15) is 0 Å². The van der Waals surface area contributed by atoms with Gasteiger partial charge in [0.05, 0.1) is 4.92 Å². The van der Waals surface area contributed by atoms with Gasteiger partial charge in [0.1, 0.15) is 5.56 Å². The predicted molar refractivity (Wildman–Crippen MR) is 100.0 cm³/mol. The average molecular weight is 353 g/mol. The fourth-order valence-corrected chi connectivity index (χ4v) is 3.32. The maximum Gasteiger partial charge on any atom is 0.285 e. The number of likely N-dealkylation sites (tertiary alicyclic amines) is 1. The molecule has 0 spiro atoms. The summed E-state index contributed by atoms with van der Waals surface area (Å²) in [6, 6.07) is 12.9. The fraction of sp³-hybridized carbons (Fsp3) is 0.350. The molecule has 0 bridgehead atoms. The van der Waals surface area contributed by atoms with E-state index in [9.17, 15) is 14.9 Å². The summed E-state index contributed by atoms with van der Waals surface area (Å²) in [5, 5.41) is 14.0. The van der Waals surface area contributed by atoms with Crippen LogP contribution in [0.2, 0.25) is 0 Å². The Morgan fingerprint density at radius 1 is 1.12 bits per heavy atom. The number of nitro benzene ring substituents is 1. The number of aryl methyl sites for hydroxylation is 1. The van der Waals surface area contributed by atoms with Crippen LogP contribution in [0.5, 0.6) is 0 Å². The summed E-state index contributed by atoms with van der Waals surface area (Å²) in [4.78, 5) is 25.5. The minimum atomic E-state index is -0.503. The Hall–Kier alpha value is -2.73. The van der Waals surface area contributed by atoms with Crippen molar-refractivity contribution < 1.29 is 9.72 Å². The number of benzene rings is 2. The zero-order valence-electron chi connectivity index (χ0n) is 14.9. The van der Waals surface area contributed by atoms with Gasteiger partial charge in [0.2, 0.25) is 0 Å². The van der Waals surface area contributed by atoms with Crippen molar-refractivity contribution in [3.8, 4) is 0 Å². The van der Waals surface area contributed by atoms with Gasteiger partial charge in [-0.05, 0) is 50.0 Å². The van der Waals surface area contributed by atoms with Crippen LogP contribution in [0.15, 0.2) is 42.5 Å². The lowest BCUT2D eigenvalue weighted by Gasteiger charge is -2.14. The van der Waals surface area contributed by atoms with E-state index in [4.69, 9.17) is 0 Å². The topological polar surface area (TPSA) is 75.5 Å². The zero-order valence-corrected chi connectivity index (χ0v) is 14.9. The van der Waals surface area contributed by atoms with Gasteiger partial charge in [0.25, 0.3) is 11.6 Å². The molecule has 0 aliphatic carbocycles. The third-order valence-corrected chi connectivity index (χ3v) is 4.75. The molecule has 1 aliphatic heterocycles. The van der Waals surface area contributed by atoms with E-state index >= 15 is 0 Å². The third kappa shape index (κ3) is 4.26. The standard InChI is InChI=1S/C20H23N3O3/c1-15-5-4-6-18(19(15)23(25)26)20(24)21-13-16-7-9-17(10-8-16)14-22-11-2-3-12-22/h4-10H,2-3,11-14H2,1H3,(H,21,24). The summed E-state index contributed by atoms with van der Waals surface area (Å²) >= 11 is 0. The van der Waals surface area contributed by atoms with Crippen LogP contribution in [-0.4, -0.2) is 28.8 Å². The second kappa shape index (κ2) is 8.10. The number of carbonyl (C=O) groups is 1. The van der Waals surface area contributed by atoms with Gasteiger partial charge in [0, 0.05) is 18.7 Å². The van der Waals surface area contributed by atoms with Crippen molar-refractivity contribution in [3.05, 3.63) is 74.8 Å². The number of rotatable bonds is 6. The van der Waals surface area contributed by atoms with Gasteiger partial charge in [-0.15, -0.1) is 0 Å². The van der Waals surface area contributed by atoms with Crippen LogP contribution in [0, 0.1) is 17.0 Å². The van der Waals surface area contributed by atoms with E-state index in [0.29, 0.717) is 12.1 Å². The number of hydrogen-bond acceptors (Lipinski definition) is 4. The largest absolute Gasteiger partial charge is 0.348 e. The first-order valence-electron chi connectivity index (χ1n) is 8.87. The normalized spacial score (nSPS) is 14.3. The van der Waals surface area contributed by atoms with Crippen molar-refractivity contribution in [2.24, 2.45) is 0 Å². The second-order valence-corrected chi connectivity index (χ2v) is 6.71. The summed E-state index contributed by atoms with van der Waals surface area (Å²) in [7, 11) is 0. The Labute approximate surface area is 153 Å². The molecule has 1 aliphatic rings. The third-order valence-electron chi connectivity index (χ3n) is 4.75. The molecule has 136 valence electrons. The summed E-state index contributed by atoms with van der Waals surface area (Å²) in [5.41, 5.74) is 2.68. The first kappa shape index (κ1) is 18.1. The van der Waals surface area contributed by atoms with Crippen LogP contribution < -0.4 is 5.32 Å². The summed E-state index contributed by atoms with van der Waals surface area (Å²) < 4.78 is 0. The molecule has 6 nitrogen and oxygen atoms in total. The highest BCUT2D eigenvalue weighted by Gasteiger charge is 2.22. The van der Waals surface area contributed by atoms with Crippen molar-refractivity contribution in [1.29, 1.82) is 0 Å². The molecule has 1 N–H and O–H groups in total. The minimum absolute atomic E-state index is 0.0978. The molecule has 1 fully saturated rings. The van der Waals surface area contributed by atoms with Gasteiger partial charge in [-0.3, -0.25) is 19.8 Å². The van der Waals surface area contributed by atoms with E-state index in [0.717, 1.165) is 25.2 Å². The van der Waals surface area contributed by atoms with Gasteiger partial charge in [-0.25, -0.2) is 0 Å². The highest BCUT2D eigenvalue weighted by atomic mass is 16.6. The van der Waals surface area contributed by atoms with E-state index in [1.807, 2.05) is 12.1 Å². The number of nitro groups is 1. The smallest absolute Gasteiger partial charge is 0.285 e. The van der Waals surface area contributed by atoms with Crippen LogP contribution in [0.1, 0.15) is 39.9 Å². The minimum Gasteiger partial charge on any atom is -0.348 e. The van der Waals surface area contributed by atoms with Crippen molar-refractivity contribution in [2.75, 3.05) is 13.1 Å². The Morgan fingerprint density at radius 3 is 2.42 bits per heavy atom. The van der Waals surface area contributed by atoms with Crippen molar-refractivity contribution in [2.45, 2.75) is 32.9 Å². The maximum absolute atomic E-state index is 12.4. The first-order chi connectivity index (χ1) is 12.5.